The molecule has 0 bridgehead atoms. The molecule has 0 saturated carbocycles. The van der Waals surface area contributed by atoms with E-state index in [1.807, 2.05) is 10.6 Å². The molecule has 0 radical (unpaired) electrons. The summed E-state index contributed by atoms with van der Waals surface area (Å²) in [5.41, 5.74) is 8.68. The number of hydrogen-bond acceptors (Lipinski definition) is 0. The van der Waals surface area contributed by atoms with E-state index in [0.29, 0.717) is 0 Å². The van der Waals surface area contributed by atoms with Gasteiger partial charge in [0.15, 0.2) is 0 Å². The standard InChI is InChI=1S/2C8H13P.2ClH.Zr/c2*1-5-6(2)8(4)9-7(5)3;;;/h2*7H,1-4H3;2*1H;. The summed E-state index contributed by atoms with van der Waals surface area (Å²) in [4.78, 5) is -0.298. The van der Waals surface area contributed by atoms with E-state index in [0.717, 1.165) is 11.3 Å². The van der Waals surface area contributed by atoms with Crippen LogP contribution >= 0.6 is 9.68 Å². The van der Waals surface area contributed by atoms with E-state index in [4.69, 9.17) is 0 Å². The van der Waals surface area contributed by atoms with Crippen LogP contribution in [0, 0.1) is 0 Å². The van der Waals surface area contributed by atoms with Gasteiger partial charge >= 0.3 is 131 Å². The fraction of sp³-hybridized carbons (Fsp3) is 0.625. The van der Waals surface area contributed by atoms with Gasteiger partial charge in [-0.3, -0.25) is 0 Å². The van der Waals surface area contributed by atoms with Crippen molar-refractivity contribution in [3.63, 3.8) is 0 Å². The number of halogens is 2. The van der Waals surface area contributed by atoms with Crippen molar-refractivity contribution in [2.45, 2.75) is 66.7 Å². The molecule has 0 aromatic heterocycles. The fourth-order valence-corrected chi connectivity index (χ4v) is 41.7. The van der Waals surface area contributed by atoms with Crippen molar-refractivity contribution in [3.8, 4) is 0 Å². The molecule has 0 fully saturated rings. The molecule has 120 valence electrons. The van der Waals surface area contributed by atoms with Gasteiger partial charge in [0.1, 0.15) is 0 Å². The normalized spacial score (nSPS) is 32.2. The van der Waals surface area contributed by atoms with Gasteiger partial charge in [0.25, 0.3) is 0 Å². The molecular weight excluding hydrogens is 416 g/mol. The van der Waals surface area contributed by atoms with Crippen LogP contribution in [-0.2, 0) is 22.1 Å². The quantitative estimate of drug-likeness (QED) is 0.490. The van der Waals surface area contributed by atoms with Crippen LogP contribution in [0.3, 0.4) is 0 Å². The minimum atomic E-state index is -0.231. The molecule has 2 heterocycles. The van der Waals surface area contributed by atoms with E-state index in [1.165, 1.54) is 0 Å². The third-order valence-electron chi connectivity index (χ3n) is 5.55. The maximum Gasteiger partial charge on any atom is -1.00 e. The number of allylic oxidation sites excluding steroid dienone is 4. The second kappa shape index (κ2) is 8.58. The minimum Gasteiger partial charge on any atom is -1.00 e. The van der Waals surface area contributed by atoms with Gasteiger partial charge in [-0.1, -0.05) is 0 Å². The molecular formula is C16H28Cl2P2Zr. The van der Waals surface area contributed by atoms with Crippen molar-refractivity contribution in [3.05, 3.63) is 22.3 Å². The van der Waals surface area contributed by atoms with Crippen LogP contribution in [-0.4, -0.2) is 21.9 Å². The Kier molecular flexibility index (Phi) is 9.22. The van der Waals surface area contributed by atoms with Gasteiger partial charge in [0, 0.05) is 0 Å². The molecule has 0 aliphatic carbocycles. The summed E-state index contributed by atoms with van der Waals surface area (Å²) in [6, 6.07) is 0. The van der Waals surface area contributed by atoms with E-state index in [9.17, 15) is 0 Å². The van der Waals surface area contributed by atoms with E-state index in [1.54, 1.807) is 22.3 Å². The third-order valence-corrected chi connectivity index (χ3v) is 36.5. The zero-order valence-corrected chi connectivity index (χ0v) is 20.4. The van der Waals surface area contributed by atoms with Crippen molar-refractivity contribution in [1.29, 1.82) is 0 Å². The van der Waals surface area contributed by atoms with Crippen molar-refractivity contribution < 1.29 is 46.9 Å². The molecule has 0 aromatic rings. The second-order valence-corrected chi connectivity index (χ2v) is 25.6. The average molecular weight is 444 g/mol. The Balaban J connectivity index is 0.00000200. The van der Waals surface area contributed by atoms with Crippen LogP contribution < -0.4 is 24.8 Å². The zero-order valence-electron chi connectivity index (χ0n) is 14.4. The molecule has 0 amide bonds. The fourth-order valence-electron chi connectivity index (χ4n) is 3.28. The Bertz CT molecular complexity index is 521. The molecule has 4 unspecified atom stereocenters. The summed E-state index contributed by atoms with van der Waals surface area (Å²) in [6.45, 7) is 19.5. The molecule has 0 saturated heterocycles. The molecule has 0 spiro atoms. The molecule has 2 aliphatic heterocycles. The first kappa shape index (κ1) is 22.5. The summed E-state index contributed by atoms with van der Waals surface area (Å²) in [5, 5.41) is 3.70. The van der Waals surface area contributed by atoms with Crippen LogP contribution in [0.4, 0.5) is 0 Å². The third kappa shape index (κ3) is 3.97. The van der Waals surface area contributed by atoms with Crippen LogP contribution in [0.15, 0.2) is 22.3 Å². The van der Waals surface area contributed by atoms with E-state index in [-0.39, 0.29) is 56.6 Å². The topological polar surface area (TPSA) is 0 Å². The number of hydrogen-bond donors (Lipinski definition) is 0. The Morgan fingerprint density at radius 3 is 1.14 bits per heavy atom. The van der Waals surface area contributed by atoms with Crippen molar-refractivity contribution >= 4 is 20.3 Å². The molecule has 2 rings (SSSR count). The first-order valence-electron chi connectivity index (χ1n) is 7.31. The van der Waals surface area contributed by atoms with Gasteiger partial charge in [-0.15, -0.1) is 0 Å². The largest absolute Gasteiger partial charge is 1.00 e. The maximum absolute atomic E-state index is 2.52. The summed E-state index contributed by atoms with van der Waals surface area (Å²) in [5.74, 6) is 0. The van der Waals surface area contributed by atoms with Crippen LogP contribution in [0.2, 0.25) is 0 Å². The first-order chi connectivity index (χ1) is 8.77. The van der Waals surface area contributed by atoms with Crippen LogP contribution in [0.5, 0.6) is 0 Å². The van der Waals surface area contributed by atoms with Gasteiger partial charge in [-0.2, -0.15) is 0 Å². The Hall–Kier alpha value is 1.54. The Morgan fingerprint density at radius 1 is 0.667 bits per heavy atom. The molecule has 4 atom stereocenters. The van der Waals surface area contributed by atoms with Crippen molar-refractivity contribution in [1.82, 2.24) is 0 Å². The second-order valence-electron chi connectivity index (χ2n) is 6.26. The molecule has 0 nitrogen and oxygen atoms in total. The van der Waals surface area contributed by atoms with Gasteiger partial charge < -0.3 is 24.8 Å². The zero-order chi connectivity index (χ0) is 14.5. The van der Waals surface area contributed by atoms with Gasteiger partial charge in [0.05, 0.1) is 0 Å². The van der Waals surface area contributed by atoms with Gasteiger partial charge in [-0.05, 0) is 0 Å². The molecule has 5 heteroatoms. The number of rotatable bonds is 2. The summed E-state index contributed by atoms with van der Waals surface area (Å²) in [6.07, 6.45) is 0. The predicted octanol–water partition coefficient (Wildman–Crippen LogP) is -0.803. The van der Waals surface area contributed by atoms with Gasteiger partial charge in [0.2, 0.25) is 0 Å². The van der Waals surface area contributed by atoms with E-state index < -0.39 is 0 Å². The molecule has 2 aliphatic rings. The first-order valence-corrected chi connectivity index (χ1v) is 17.8. The SMILES string of the molecule is CC1=C(C)C(C)[PH]([Zr+2][PH]2=C(C)C(C)=C(C)C2C)=C1C.[Cl-].[Cl-]. The maximum atomic E-state index is 2.52. The molecule has 0 aromatic carbocycles. The predicted molar refractivity (Wildman–Crippen MR) is 93.7 cm³/mol. The van der Waals surface area contributed by atoms with E-state index in [2.05, 4.69) is 55.4 Å². The van der Waals surface area contributed by atoms with Crippen LogP contribution in [0.25, 0.3) is 0 Å². The molecule has 0 N–H and O–H groups in total. The monoisotopic (exact) mass is 442 g/mol. The van der Waals surface area contributed by atoms with Crippen LogP contribution in [0.1, 0.15) is 55.4 Å². The Labute approximate surface area is 155 Å². The minimum absolute atomic E-state index is 0. The average Bonchev–Trinajstić information content (AvgIpc) is 2.68. The van der Waals surface area contributed by atoms with Crippen molar-refractivity contribution in [2.75, 3.05) is 0 Å². The van der Waals surface area contributed by atoms with Gasteiger partial charge in [-0.25, -0.2) is 0 Å². The van der Waals surface area contributed by atoms with E-state index >= 15 is 0 Å². The Morgan fingerprint density at radius 2 is 0.952 bits per heavy atom. The molecule has 21 heavy (non-hydrogen) atoms. The summed E-state index contributed by atoms with van der Waals surface area (Å²) < 4.78 is 0. The summed E-state index contributed by atoms with van der Waals surface area (Å²) >= 11 is -0.231. The van der Waals surface area contributed by atoms with Crippen molar-refractivity contribution in [2.24, 2.45) is 0 Å². The smallest absolute Gasteiger partial charge is 1.00 e. The summed E-state index contributed by atoms with van der Waals surface area (Å²) in [7, 11) is 0.